The number of anilines is 2. The molecule has 2 heterocycles. The Morgan fingerprint density at radius 1 is 1.35 bits per heavy atom. The maximum Gasteiger partial charge on any atom is 0.152 e. The van der Waals surface area contributed by atoms with Crippen LogP contribution < -0.4 is 10.6 Å². The van der Waals surface area contributed by atoms with Crippen LogP contribution in [0.4, 0.5) is 11.5 Å². The van der Waals surface area contributed by atoms with E-state index in [0.29, 0.717) is 31.0 Å². The molecule has 0 aliphatic carbocycles. The second-order valence-corrected chi connectivity index (χ2v) is 6.66. The lowest BCUT2D eigenvalue weighted by atomic mass is 10.2. The highest BCUT2D eigenvalue weighted by Crippen LogP contribution is 2.24. The summed E-state index contributed by atoms with van der Waals surface area (Å²) in [5, 5.41) is 0. The first-order chi connectivity index (χ1) is 7.99. The van der Waals surface area contributed by atoms with Gasteiger partial charge < -0.3 is 10.6 Å². The maximum absolute atomic E-state index is 11.5. The monoisotopic (exact) mass is 255 g/mol. The number of rotatable bonds is 1. The zero-order chi connectivity index (χ0) is 12.5. The van der Waals surface area contributed by atoms with E-state index in [-0.39, 0.29) is 11.5 Å². The molecule has 1 aliphatic rings. The van der Waals surface area contributed by atoms with Crippen LogP contribution >= 0.6 is 0 Å². The highest BCUT2D eigenvalue weighted by molar-refractivity contribution is 7.91. The molecule has 0 spiro atoms. The zero-order valence-electron chi connectivity index (χ0n) is 9.89. The van der Waals surface area contributed by atoms with Gasteiger partial charge in [0.05, 0.1) is 17.2 Å². The standard InChI is InChI=1S/C11H17N3O2S/c1-9-3-4-13-11(10(9)12)14-5-2-7-17(15,16)8-6-14/h3-4H,2,5-8,12H2,1H3. The molecule has 1 aromatic heterocycles. The maximum atomic E-state index is 11.5. The van der Waals surface area contributed by atoms with Crippen molar-refractivity contribution < 1.29 is 8.42 Å². The fourth-order valence-corrected chi connectivity index (χ4v) is 3.23. The quantitative estimate of drug-likeness (QED) is 0.795. The van der Waals surface area contributed by atoms with Gasteiger partial charge in [-0.1, -0.05) is 0 Å². The van der Waals surface area contributed by atoms with Crippen LogP contribution in [0.5, 0.6) is 0 Å². The van der Waals surface area contributed by atoms with E-state index in [1.807, 2.05) is 17.9 Å². The summed E-state index contributed by atoms with van der Waals surface area (Å²) in [6, 6.07) is 1.85. The predicted octanol–water partition coefficient (Wildman–Crippen LogP) is 0.597. The Morgan fingerprint density at radius 2 is 2.12 bits per heavy atom. The molecule has 5 nitrogen and oxygen atoms in total. The van der Waals surface area contributed by atoms with E-state index in [4.69, 9.17) is 5.73 Å². The second-order valence-electron chi connectivity index (χ2n) is 4.36. The lowest BCUT2D eigenvalue weighted by molar-refractivity contribution is 0.597. The molecule has 94 valence electrons. The highest BCUT2D eigenvalue weighted by atomic mass is 32.2. The number of nitrogen functional groups attached to an aromatic ring is 1. The number of aromatic nitrogens is 1. The van der Waals surface area contributed by atoms with Crippen molar-refractivity contribution in [3.63, 3.8) is 0 Å². The van der Waals surface area contributed by atoms with Crippen molar-refractivity contribution in [2.45, 2.75) is 13.3 Å². The van der Waals surface area contributed by atoms with Gasteiger partial charge in [-0.25, -0.2) is 13.4 Å². The van der Waals surface area contributed by atoms with Crippen molar-refractivity contribution in [1.29, 1.82) is 0 Å². The first kappa shape index (κ1) is 12.2. The normalized spacial score (nSPS) is 19.9. The van der Waals surface area contributed by atoms with Gasteiger partial charge in [0, 0.05) is 19.3 Å². The van der Waals surface area contributed by atoms with Gasteiger partial charge in [-0.2, -0.15) is 0 Å². The van der Waals surface area contributed by atoms with Gasteiger partial charge in [0.1, 0.15) is 0 Å². The van der Waals surface area contributed by atoms with E-state index in [1.165, 1.54) is 0 Å². The number of hydrogen-bond donors (Lipinski definition) is 1. The summed E-state index contributed by atoms with van der Waals surface area (Å²) in [6.07, 6.45) is 2.35. The number of nitrogens with zero attached hydrogens (tertiary/aromatic N) is 2. The molecule has 1 aromatic rings. The van der Waals surface area contributed by atoms with Crippen LogP contribution in [0.2, 0.25) is 0 Å². The Morgan fingerprint density at radius 3 is 2.88 bits per heavy atom. The molecule has 0 saturated carbocycles. The van der Waals surface area contributed by atoms with E-state index < -0.39 is 9.84 Å². The zero-order valence-corrected chi connectivity index (χ0v) is 10.7. The number of sulfone groups is 1. The molecule has 6 heteroatoms. The van der Waals surface area contributed by atoms with E-state index in [1.54, 1.807) is 6.20 Å². The predicted molar refractivity (Wildman–Crippen MR) is 68.9 cm³/mol. The molecule has 0 atom stereocenters. The average Bonchev–Trinajstić information content (AvgIpc) is 2.44. The van der Waals surface area contributed by atoms with E-state index >= 15 is 0 Å². The Hall–Kier alpha value is -1.30. The minimum atomic E-state index is -2.89. The molecule has 0 unspecified atom stereocenters. The number of aryl methyl sites for hydroxylation is 1. The SMILES string of the molecule is Cc1ccnc(N2CCCS(=O)(=O)CC2)c1N. The van der Waals surface area contributed by atoms with Gasteiger partial charge in [0.25, 0.3) is 0 Å². The second kappa shape index (κ2) is 4.52. The molecule has 17 heavy (non-hydrogen) atoms. The Bertz CT molecular complexity index is 513. The number of nitrogens with two attached hydrogens (primary N) is 1. The Kier molecular flexibility index (Phi) is 3.24. The summed E-state index contributed by atoms with van der Waals surface area (Å²) in [4.78, 5) is 6.22. The minimum absolute atomic E-state index is 0.183. The molecule has 1 fully saturated rings. The summed E-state index contributed by atoms with van der Waals surface area (Å²) in [5.74, 6) is 1.15. The summed E-state index contributed by atoms with van der Waals surface area (Å²) in [6.45, 7) is 3.10. The van der Waals surface area contributed by atoms with Crippen molar-refractivity contribution in [2.75, 3.05) is 35.2 Å². The highest BCUT2D eigenvalue weighted by Gasteiger charge is 2.21. The van der Waals surface area contributed by atoms with Crippen LogP contribution in [-0.2, 0) is 9.84 Å². The molecule has 2 rings (SSSR count). The van der Waals surface area contributed by atoms with Crippen LogP contribution in [-0.4, -0.2) is 38.0 Å². The third kappa shape index (κ3) is 2.69. The summed E-state index contributed by atoms with van der Waals surface area (Å²) >= 11 is 0. The molecule has 0 aromatic carbocycles. The summed E-state index contributed by atoms with van der Waals surface area (Å²) in [5.41, 5.74) is 7.60. The van der Waals surface area contributed by atoms with Crippen molar-refractivity contribution >= 4 is 21.3 Å². The molecule has 1 aliphatic heterocycles. The fraction of sp³-hybridized carbons (Fsp3) is 0.545. The van der Waals surface area contributed by atoms with Crippen molar-refractivity contribution in [1.82, 2.24) is 4.98 Å². The van der Waals surface area contributed by atoms with Gasteiger partial charge >= 0.3 is 0 Å². The topological polar surface area (TPSA) is 76.3 Å². The van der Waals surface area contributed by atoms with Gasteiger partial charge in [-0.3, -0.25) is 0 Å². The first-order valence-electron chi connectivity index (χ1n) is 5.66. The smallest absolute Gasteiger partial charge is 0.152 e. The molecule has 1 saturated heterocycles. The molecular formula is C11H17N3O2S. The van der Waals surface area contributed by atoms with Gasteiger partial charge in [-0.15, -0.1) is 0 Å². The van der Waals surface area contributed by atoms with Crippen LogP contribution in [0.1, 0.15) is 12.0 Å². The molecule has 2 N–H and O–H groups in total. The van der Waals surface area contributed by atoms with Crippen molar-refractivity contribution in [3.8, 4) is 0 Å². The number of pyridine rings is 1. The third-order valence-electron chi connectivity index (χ3n) is 3.04. The largest absolute Gasteiger partial charge is 0.396 e. The first-order valence-corrected chi connectivity index (χ1v) is 7.48. The summed E-state index contributed by atoms with van der Waals surface area (Å²) < 4.78 is 23.0. The van der Waals surface area contributed by atoms with Crippen LogP contribution in [0.15, 0.2) is 12.3 Å². The molecular weight excluding hydrogens is 238 g/mol. The van der Waals surface area contributed by atoms with Gasteiger partial charge in [0.15, 0.2) is 15.7 Å². The third-order valence-corrected chi connectivity index (χ3v) is 4.76. The van der Waals surface area contributed by atoms with Gasteiger partial charge in [-0.05, 0) is 25.0 Å². The molecule has 0 bridgehead atoms. The van der Waals surface area contributed by atoms with E-state index in [2.05, 4.69) is 4.98 Å². The van der Waals surface area contributed by atoms with Gasteiger partial charge in [0.2, 0.25) is 0 Å². The summed E-state index contributed by atoms with van der Waals surface area (Å²) in [7, 11) is -2.89. The van der Waals surface area contributed by atoms with Crippen molar-refractivity contribution in [2.24, 2.45) is 0 Å². The van der Waals surface area contributed by atoms with Crippen LogP contribution in [0.3, 0.4) is 0 Å². The number of hydrogen-bond acceptors (Lipinski definition) is 5. The van der Waals surface area contributed by atoms with E-state index in [9.17, 15) is 8.42 Å². The Balaban J connectivity index is 2.26. The van der Waals surface area contributed by atoms with Crippen molar-refractivity contribution in [3.05, 3.63) is 17.8 Å². The molecule has 0 amide bonds. The van der Waals surface area contributed by atoms with Crippen LogP contribution in [0, 0.1) is 6.92 Å². The van der Waals surface area contributed by atoms with E-state index in [0.717, 1.165) is 5.56 Å². The fourth-order valence-electron chi connectivity index (χ4n) is 1.96. The molecule has 0 radical (unpaired) electrons. The lowest BCUT2D eigenvalue weighted by Gasteiger charge is -2.22. The minimum Gasteiger partial charge on any atom is -0.396 e. The van der Waals surface area contributed by atoms with Crippen LogP contribution in [0.25, 0.3) is 0 Å². The Labute approximate surface area is 102 Å². The average molecular weight is 255 g/mol. The lowest BCUT2D eigenvalue weighted by Crippen LogP contribution is -2.28.